The Morgan fingerprint density at radius 3 is 2.62 bits per heavy atom. The maximum absolute atomic E-state index is 11.8. The summed E-state index contributed by atoms with van der Waals surface area (Å²) in [6.07, 6.45) is 4.19. The number of ketones is 1. The molecule has 2 N–H and O–H groups in total. The van der Waals surface area contributed by atoms with Gasteiger partial charge in [0.2, 0.25) is 0 Å². The first-order valence-electron chi connectivity index (χ1n) is 6.70. The van der Waals surface area contributed by atoms with Crippen molar-refractivity contribution in [2.45, 2.75) is 13.3 Å². The third kappa shape index (κ3) is 4.72. The molecule has 2 rings (SSSR count). The van der Waals surface area contributed by atoms with Crippen molar-refractivity contribution >= 4 is 17.5 Å². The van der Waals surface area contributed by atoms with E-state index in [1.54, 1.807) is 36.7 Å². The number of carbonyl (C=O) groups excluding carboxylic acids is 2. The summed E-state index contributed by atoms with van der Waals surface area (Å²) in [6, 6.07) is 10.4. The Bertz CT molecular complexity index is 626. The molecule has 5 heteroatoms. The van der Waals surface area contributed by atoms with E-state index in [1.165, 1.54) is 6.92 Å². The Labute approximate surface area is 123 Å². The minimum atomic E-state index is -0.287. The van der Waals surface area contributed by atoms with Crippen LogP contribution in [0.5, 0.6) is 0 Å². The van der Waals surface area contributed by atoms with Crippen LogP contribution in [0.25, 0.3) is 0 Å². The minimum Gasteiger partial charge on any atom is -0.338 e. The molecule has 5 nitrogen and oxygen atoms in total. The first-order valence-corrected chi connectivity index (χ1v) is 6.70. The molecule has 0 radical (unpaired) electrons. The van der Waals surface area contributed by atoms with Crippen LogP contribution in [-0.2, 0) is 6.42 Å². The first-order chi connectivity index (χ1) is 10.1. The second-order valence-electron chi connectivity index (χ2n) is 4.62. The van der Waals surface area contributed by atoms with Gasteiger partial charge in [-0.15, -0.1) is 0 Å². The highest BCUT2D eigenvalue weighted by atomic mass is 16.2. The molecule has 1 heterocycles. The summed E-state index contributed by atoms with van der Waals surface area (Å²) in [5.41, 5.74) is 2.29. The summed E-state index contributed by atoms with van der Waals surface area (Å²) in [5, 5.41) is 5.48. The van der Waals surface area contributed by atoms with Crippen LogP contribution in [0.1, 0.15) is 22.8 Å². The molecule has 0 saturated carbocycles. The molecule has 1 aromatic heterocycles. The summed E-state index contributed by atoms with van der Waals surface area (Å²) < 4.78 is 0. The maximum atomic E-state index is 11.8. The molecule has 0 aliphatic heterocycles. The zero-order valence-corrected chi connectivity index (χ0v) is 11.8. The summed E-state index contributed by atoms with van der Waals surface area (Å²) in [4.78, 5) is 27.0. The Kier molecular flexibility index (Phi) is 5.04. The summed E-state index contributed by atoms with van der Waals surface area (Å²) in [7, 11) is 0. The Hall–Kier alpha value is -2.69. The molecular weight excluding hydrogens is 266 g/mol. The largest absolute Gasteiger partial charge is 0.338 e. The number of anilines is 1. The number of rotatable bonds is 5. The number of amides is 2. The van der Waals surface area contributed by atoms with Crippen molar-refractivity contribution in [2.24, 2.45) is 0 Å². The highest BCUT2D eigenvalue weighted by Gasteiger charge is 2.04. The van der Waals surface area contributed by atoms with Crippen LogP contribution in [0.15, 0.2) is 48.8 Å². The van der Waals surface area contributed by atoms with Crippen LogP contribution in [-0.4, -0.2) is 23.3 Å². The number of pyridine rings is 1. The zero-order valence-electron chi connectivity index (χ0n) is 11.8. The molecule has 0 spiro atoms. The number of hydrogen-bond acceptors (Lipinski definition) is 3. The topological polar surface area (TPSA) is 71.1 Å². The number of aromatic nitrogens is 1. The summed E-state index contributed by atoms with van der Waals surface area (Å²) >= 11 is 0. The fourth-order valence-corrected chi connectivity index (χ4v) is 1.86. The molecule has 0 saturated heterocycles. The number of benzene rings is 1. The van der Waals surface area contributed by atoms with Crippen molar-refractivity contribution < 1.29 is 9.59 Å². The van der Waals surface area contributed by atoms with Gasteiger partial charge in [-0.05, 0) is 43.2 Å². The quantitative estimate of drug-likeness (QED) is 0.829. The lowest BCUT2D eigenvalue weighted by molar-refractivity contribution is 0.101. The molecule has 21 heavy (non-hydrogen) atoms. The molecule has 0 atom stereocenters. The fraction of sp³-hybridized carbons (Fsp3) is 0.188. The summed E-state index contributed by atoms with van der Waals surface area (Å²) in [6.45, 7) is 2.02. The molecule has 2 aromatic rings. The van der Waals surface area contributed by atoms with Gasteiger partial charge in [0.25, 0.3) is 0 Å². The van der Waals surface area contributed by atoms with Gasteiger partial charge < -0.3 is 10.6 Å². The Balaban J connectivity index is 1.82. The van der Waals surface area contributed by atoms with E-state index in [2.05, 4.69) is 15.6 Å². The van der Waals surface area contributed by atoms with Gasteiger partial charge in [0.15, 0.2) is 5.78 Å². The highest BCUT2D eigenvalue weighted by molar-refractivity contribution is 5.96. The number of urea groups is 1. The van der Waals surface area contributed by atoms with Crippen molar-refractivity contribution in [3.8, 4) is 0 Å². The highest BCUT2D eigenvalue weighted by Crippen LogP contribution is 2.10. The molecule has 1 aromatic carbocycles. The molecule has 0 fully saturated rings. The molecule has 0 unspecified atom stereocenters. The third-order valence-electron chi connectivity index (χ3n) is 2.98. The number of nitrogens with zero attached hydrogens (tertiary/aromatic N) is 1. The second kappa shape index (κ2) is 7.19. The predicted molar refractivity (Wildman–Crippen MR) is 81.4 cm³/mol. The van der Waals surface area contributed by atoms with E-state index in [4.69, 9.17) is 0 Å². The van der Waals surface area contributed by atoms with E-state index < -0.39 is 0 Å². The predicted octanol–water partition coefficient (Wildman–Crippen LogP) is 2.65. The second-order valence-corrected chi connectivity index (χ2v) is 4.62. The smallest absolute Gasteiger partial charge is 0.319 e. The first kappa shape index (κ1) is 14.7. The number of hydrogen-bond donors (Lipinski definition) is 2. The molecule has 0 bridgehead atoms. The van der Waals surface area contributed by atoms with Gasteiger partial charge in [-0.25, -0.2) is 4.79 Å². The normalized spacial score (nSPS) is 9.95. The van der Waals surface area contributed by atoms with E-state index in [1.807, 2.05) is 12.1 Å². The number of carbonyl (C=O) groups is 2. The monoisotopic (exact) mass is 283 g/mol. The van der Waals surface area contributed by atoms with E-state index in [0.717, 1.165) is 12.0 Å². The van der Waals surface area contributed by atoms with E-state index >= 15 is 0 Å². The van der Waals surface area contributed by atoms with Crippen molar-refractivity contribution in [2.75, 3.05) is 11.9 Å². The van der Waals surface area contributed by atoms with E-state index in [9.17, 15) is 9.59 Å². The van der Waals surface area contributed by atoms with Crippen LogP contribution in [0.3, 0.4) is 0 Å². The van der Waals surface area contributed by atoms with Crippen molar-refractivity contribution in [1.82, 2.24) is 10.3 Å². The third-order valence-corrected chi connectivity index (χ3v) is 2.98. The van der Waals surface area contributed by atoms with Crippen molar-refractivity contribution in [3.05, 3.63) is 59.9 Å². The number of nitrogens with one attached hydrogen (secondary N) is 2. The average molecular weight is 283 g/mol. The average Bonchev–Trinajstić information content (AvgIpc) is 2.48. The van der Waals surface area contributed by atoms with Gasteiger partial charge in [-0.3, -0.25) is 9.78 Å². The van der Waals surface area contributed by atoms with Gasteiger partial charge in [-0.1, -0.05) is 12.1 Å². The SMILES string of the molecule is CC(=O)c1cccc(NC(=O)NCCc2ccncc2)c1. The molecule has 2 amide bonds. The van der Waals surface area contributed by atoms with Gasteiger partial charge >= 0.3 is 6.03 Å². The minimum absolute atomic E-state index is 0.0308. The zero-order chi connectivity index (χ0) is 15.1. The van der Waals surface area contributed by atoms with Crippen molar-refractivity contribution in [3.63, 3.8) is 0 Å². The Morgan fingerprint density at radius 2 is 1.90 bits per heavy atom. The molecule has 108 valence electrons. The van der Waals surface area contributed by atoms with Crippen molar-refractivity contribution in [1.29, 1.82) is 0 Å². The molecule has 0 aliphatic carbocycles. The van der Waals surface area contributed by atoms with Crippen LogP contribution in [0.2, 0.25) is 0 Å². The van der Waals surface area contributed by atoms with Gasteiger partial charge in [-0.2, -0.15) is 0 Å². The van der Waals surface area contributed by atoms with Gasteiger partial charge in [0.05, 0.1) is 0 Å². The lowest BCUT2D eigenvalue weighted by atomic mass is 10.1. The van der Waals surface area contributed by atoms with Gasteiger partial charge in [0.1, 0.15) is 0 Å². The standard InChI is InChI=1S/C16H17N3O2/c1-12(20)14-3-2-4-15(11-14)19-16(21)18-10-7-13-5-8-17-9-6-13/h2-6,8-9,11H,7,10H2,1H3,(H2,18,19,21). The molecule has 0 aliphatic rings. The van der Waals surface area contributed by atoms with Crippen LogP contribution < -0.4 is 10.6 Å². The number of Topliss-reactive ketones (excluding diaryl/α,β-unsaturated/α-hetero) is 1. The maximum Gasteiger partial charge on any atom is 0.319 e. The fourth-order valence-electron chi connectivity index (χ4n) is 1.86. The van der Waals surface area contributed by atoms with Crippen LogP contribution in [0, 0.1) is 0 Å². The van der Waals surface area contributed by atoms with Gasteiger partial charge in [0, 0.05) is 30.2 Å². The molecular formula is C16H17N3O2. The lowest BCUT2D eigenvalue weighted by Crippen LogP contribution is -2.30. The lowest BCUT2D eigenvalue weighted by Gasteiger charge is -2.08. The van der Waals surface area contributed by atoms with Crippen LogP contribution in [0.4, 0.5) is 10.5 Å². The van der Waals surface area contributed by atoms with E-state index in [-0.39, 0.29) is 11.8 Å². The van der Waals surface area contributed by atoms with E-state index in [0.29, 0.717) is 17.8 Å². The summed E-state index contributed by atoms with van der Waals surface area (Å²) in [5.74, 6) is -0.0308. The Morgan fingerprint density at radius 1 is 1.14 bits per heavy atom. The van der Waals surface area contributed by atoms with Crippen LogP contribution >= 0.6 is 0 Å².